The second kappa shape index (κ2) is 6.93. The van der Waals surface area contributed by atoms with Gasteiger partial charge in [0.05, 0.1) is 6.54 Å². The largest absolute Gasteiger partial charge is 0.338 e. The number of rotatable bonds is 5. The minimum atomic E-state index is 0.282. The van der Waals surface area contributed by atoms with E-state index in [2.05, 4.69) is 16.8 Å². The molecule has 3 nitrogen and oxygen atoms in total. The van der Waals surface area contributed by atoms with Crippen LogP contribution in [-0.4, -0.2) is 36.5 Å². The molecule has 1 aliphatic heterocycles. The molecule has 1 amide bonds. The van der Waals surface area contributed by atoms with E-state index in [0.717, 1.165) is 12.5 Å². The van der Waals surface area contributed by atoms with Crippen LogP contribution in [0.15, 0.2) is 12.7 Å². The summed E-state index contributed by atoms with van der Waals surface area (Å²) in [4.78, 5) is 14.3. The van der Waals surface area contributed by atoms with Gasteiger partial charge in [0.1, 0.15) is 0 Å². The van der Waals surface area contributed by atoms with E-state index in [1.165, 1.54) is 44.9 Å². The number of nitrogens with zero attached hydrogens (tertiary/aromatic N) is 1. The van der Waals surface area contributed by atoms with E-state index in [1.54, 1.807) is 6.08 Å². The van der Waals surface area contributed by atoms with Gasteiger partial charge in [0.15, 0.2) is 0 Å². The Balaban J connectivity index is 1.85. The van der Waals surface area contributed by atoms with Crippen molar-refractivity contribution in [3.05, 3.63) is 12.7 Å². The van der Waals surface area contributed by atoms with E-state index in [1.807, 2.05) is 0 Å². The Labute approximate surface area is 111 Å². The quantitative estimate of drug-likeness (QED) is 0.600. The van der Waals surface area contributed by atoms with Gasteiger partial charge in [-0.2, -0.15) is 0 Å². The number of hydrogen-bond donors (Lipinski definition) is 1. The van der Waals surface area contributed by atoms with Gasteiger partial charge in [-0.1, -0.05) is 25.3 Å². The summed E-state index contributed by atoms with van der Waals surface area (Å²) < 4.78 is 0. The molecule has 0 radical (unpaired) electrons. The lowest BCUT2D eigenvalue weighted by Crippen LogP contribution is -2.44. The topological polar surface area (TPSA) is 32.3 Å². The lowest BCUT2D eigenvalue weighted by atomic mass is 9.83. The third-order valence-electron chi connectivity index (χ3n) is 4.38. The molecular weight excluding hydrogens is 224 g/mol. The van der Waals surface area contributed by atoms with Crippen molar-refractivity contribution in [1.82, 2.24) is 10.2 Å². The van der Waals surface area contributed by atoms with Crippen molar-refractivity contribution in [1.29, 1.82) is 0 Å². The molecule has 2 fully saturated rings. The zero-order valence-corrected chi connectivity index (χ0v) is 11.4. The van der Waals surface area contributed by atoms with Crippen LogP contribution in [0, 0.1) is 5.92 Å². The maximum absolute atomic E-state index is 12.2. The molecule has 1 N–H and O–H groups in total. The van der Waals surface area contributed by atoms with Crippen molar-refractivity contribution in [2.45, 2.75) is 51.0 Å². The Bertz CT molecular complexity index is 284. The lowest BCUT2D eigenvalue weighted by molar-refractivity contribution is -0.132. The molecule has 1 heterocycles. The zero-order valence-electron chi connectivity index (χ0n) is 11.4. The molecule has 1 aliphatic carbocycles. The molecule has 0 bridgehead atoms. The van der Waals surface area contributed by atoms with Crippen LogP contribution in [0.4, 0.5) is 0 Å². The van der Waals surface area contributed by atoms with Crippen molar-refractivity contribution in [2.24, 2.45) is 5.92 Å². The molecule has 0 aromatic carbocycles. The summed E-state index contributed by atoms with van der Waals surface area (Å²) in [6, 6.07) is 0.531. The van der Waals surface area contributed by atoms with E-state index < -0.39 is 0 Å². The first-order valence-electron chi connectivity index (χ1n) is 7.44. The molecule has 1 saturated carbocycles. The van der Waals surface area contributed by atoms with Gasteiger partial charge in [-0.3, -0.25) is 4.79 Å². The summed E-state index contributed by atoms with van der Waals surface area (Å²) >= 11 is 0. The van der Waals surface area contributed by atoms with Crippen molar-refractivity contribution in [3.63, 3.8) is 0 Å². The molecule has 102 valence electrons. The first kappa shape index (κ1) is 13.6. The zero-order chi connectivity index (χ0) is 12.8. The SMILES string of the molecule is C=CCNCC(=O)N1CCCC1C1CCCCC1. The Kier molecular flexibility index (Phi) is 5.24. The minimum absolute atomic E-state index is 0.282. The highest BCUT2D eigenvalue weighted by molar-refractivity contribution is 5.78. The summed E-state index contributed by atoms with van der Waals surface area (Å²) in [5, 5.41) is 3.13. The fourth-order valence-electron chi connectivity index (χ4n) is 3.49. The second-order valence-electron chi connectivity index (χ2n) is 5.61. The van der Waals surface area contributed by atoms with Crippen molar-refractivity contribution < 1.29 is 4.79 Å². The molecule has 0 aromatic rings. The van der Waals surface area contributed by atoms with Crippen molar-refractivity contribution >= 4 is 5.91 Å². The van der Waals surface area contributed by atoms with E-state index in [9.17, 15) is 4.79 Å². The Hall–Kier alpha value is -0.830. The smallest absolute Gasteiger partial charge is 0.236 e. The maximum Gasteiger partial charge on any atom is 0.236 e. The summed E-state index contributed by atoms with van der Waals surface area (Å²) in [5.74, 6) is 1.05. The average Bonchev–Trinajstić information content (AvgIpc) is 2.89. The molecule has 1 saturated heterocycles. The predicted molar refractivity (Wildman–Crippen MR) is 74.4 cm³/mol. The van der Waals surface area contributed by atoms with Crippen LogP contribution < -0.4 is 5.32 Å². The van der Waals surface area contributed by atoms with Crippen LogP contribution >= 0.6 is 0 Å². The fraction of sp³-hybridized carbons (Fsp3) is 0.800. The fourth-order valence-corrected chi connectivity index (χ4v) is 3.49. The number of carbonyl (C=O) groups excluding carboxylic acids is 1. The first-order valence-corrected chi connectivity index (χ1v) is 7.44. The Morgan fingerprint density at radius 3 is 2.72 bits per heavy atom. The molecule has 1 unspecified atom stereocenters. The third-order valence-corrected chi connectivity index (χ3v) is 4.38. The van der Waals surface area contributed by atoms with E-state index >= 15 is 0 Å². The van der Waals surface area contributed by atoms with Crippen molar-refractivity contribution in [3.8, 4) is 0 Å². The minimum Gasteiger partial charge on any atom is -0.338 e. The molecule has 3 heteroatoms. The number of carbonyl (C=O) groups is 1. The Morgan fingerprint density at radius 2 is 2.00 bits per heavy atom. The van der Waals surface area contributed by atoms with Gasteiger partial charge in [-0.05, 0) is 31.6 Å². The van der Waals surface area contributed by atoms with Crippen LogP contribution in [0.3, 0.4) is 0 Å². The predicted octanol–water partition coefficient (Wildman–Crippen LogP) is 2.33. The first-order chi connectivity index (χ1) is 8.83. The standard InChI is InChI=1S/C15H26N2O/c1-2-10-16-12-15(18)17-11-6-9-14(17)13-7-4-3-5-8-13/h2,13-14,16H,1,3-12H2. The van der Waals surface area contributed by atoms with E-state index in [4.69, 9.17) is 0 Å². The summed E-state index contributed by atoms with van der Waals surface area (Å²) in [6.45, 7) is 5.81. The van der Waals surface area contributed by atoms with Gasteiger partial charge in [0.25, 0.3) is 0 Å². The number of hydrogen-bond acceptors (Lipinski definition) is 2. The van der Waals surface area contributed by atoms with Crippen LogP contribution in [0.5, 0.6) is 0 Å². The number of amides is 1. The van der Waals surface area contributed by atoms with E-state index in [0.29, 0.717) is 19.1 Å². The average molecular weight is 250 g/mol. The van der Waals surface area contributed by atoms with Gasteiger partial charge in [-0.25, -0.2) is 0 Å². The third kappa shape index (κ3) is 3.35. The summed E-state index contributed by atoms with van der Waals surface area (Å²) in [6.07, 6.45) is 11.0. The highest BCUT2D eigenvalue weighted by Gasteiger charge is 2.34. The molecule has 0 aromatic heterocycles. The van der Waals surface area contributed by atoms with Crippen LogP contribution in [0.2, 0.25) is 0 Å². The van der Waals surface area contributed by atoms with Gasteiger partial charge < -0.3 is 10.2 Å². The monoisotopic (exact) mass is 250 g/mol. The maximum atomic E-state index is 12.2. The van der Waals surface area contributed by atoms with Crippen LogP contribution in [-0.2, 0) is 4.79 Å². The van der Waals surface area contributed by atoms with Gasteiger partial charge >= 0.3 is 0 Å². The summed E-state index contributed by atoms with van der Waals surface area (Å²) in [7, 11) is 0. The molecule has 2 aliphatic rings. The van der Waals surface area contributed by atoms with E-state index in [-0.39, 0.29) is 5.91 Å². The van der Waals surface area contributed by atoms with Gasteiger partial charge in [0.2, 0.25) is 5.91 Å². The molecular formula is C15H26N2O. The Morgan fingerprint density at radius 1 is 1.22 bits per heavy atom. The molecule has 2 rings (SSSR count). The highest BCUT2D eigenvalue weighted by atomic mass is 16.2. The normalized spacial score (nSPS) is 25.3. The van der Waals surface area contributed by atoms with Crippen molar-refractivity contribution in [2.75, 3.05) is 19.6 Å². The number of likely N-dealkylation sites (tertiary alicyclic amines) is 1. The van der Waals surface area contributed by atoms with Gasteiger partial charge in [-0.15, -0.1) is 6.58 Å². The number of nitrogens with one attached hydrogen (secondary N) is 1. The molecule has 1 atom stereocenters. The summed E-state index contributed by atoms with van der Waals surface area (Å²) in [5.41, 5.74) is 0. The van der Waals surface area contributed by atoms with Crippen LogP contribution in [0.25, 0.3) is 0 Å². The molecule has 18 heavy (non-hydrogen) atoms. The van der Waals surface area contributed by atoms with Crippen LogP contribution in [0.1, 0.15) is 44.9 Å². The second-order valence-corrected chi connectivity index (χ2v) is 5.61. The highest BCUT2D eigenvalue weighted by Crippen LogP contribution is 2.34. The molecule has 0 spiro atoms. The van der Waals surface area contributed by atoms with Gasteiger partial charge in [0, 0.05) is 19.1 Å². The lowest BCUT2D eigenvalue weighted by Gasteiger charge is -2.34.